The predicted octanol–water partition coefficient (Wildman–Crippen LogP) is 2.55. The minimum absolute atomic E-state index is 0.106. The van der Waals surface area contributed by atoms with E-state index in [9.17, 15) is 14.7 Å². The summed E-state index contributed by atoms with van der Waals surface area (Å²) in [6, 6.07) is 9.84. The van der Waals surface area contributed by atoms with Crippen molar-refractivity contribution in [2.45, 2.75) is 50.6 Å². The van der Waals surface area contributed by atoms with Crippen LogP contribution in [0.3, 0.4) is 0 Å². The van der Waals surface area contributed by atoms with Gasteiger partial charge in [0.1, 0.15) is 5.02 Å². The van der Waals surface area contributed by atoms with E-state index < -0.39 is 16.9 Å². The van der Waals surface area contributed by atoms with E-state index in [1.54, 1.807) is 6.20 Å². The summed E-state index contributed by atoms with van der Waals surface area (Å²) in [6.45, 7) is 0.536. The van der Waals surface area contributed by atoms with Crippen molar-refractivity contribution in [1.29, 1.82) is 0 Å². The Morgan fingerprint density at radius 3 is 2.55 bits per heavy atom. The first-order valence-corrected chi connectivity index (χ1v) is 10.6. The number of carboxylic acids is 1. The van der Waals surface area contributed by atoms with Crippen molar-refractivity contribution in [3.63, 3.8) is 0 Å². The highest BCUT2D eigenvalue weighted by molar-refractivity contribution is 6.32. The molecule has 4 atom stereocenters. The molecule has 4 bridgehead atoms. The van der Waals surface area contributed by atoms with Gasteiger partial charge in [-0.1, -0.05) is 41.9 Å². The van der Waals surface area contributed by atoms with Gasteiger partial charge in [0.05, 0.1) is 17.4 Å². The lowest BCUT2D eigenvalue weighted by Crippen LogP contribution is -2.63. The van der Waals surface area contributed by atoms with Crippen LogP contribution in [0.2, 0.25) is 5.02 Å². The molecule has 4 saturated carbocycles. The number of benzene rings is 1. The third kappa shape index (κ3) is 2.96. The second kappa shape index (κ2) is 6.59. The molecule has 1 N–H and O–H groups in total. The normalized spacial score (nSPS) is 32.3. The van der Waals surface area contributed by atoms with Crippen LogP contribution in [0.5, 0.6) is 0 Å². The fraction of sp³-hybridized carbons (Fsp3) is 0.500. The molecule has 7 heteroatoms. The maximum atomic E-state index is 13.2. The molecule has 0 saturated heterocycles. The summed E-state index contributed by atoms with van der Waals surface area (Å²) in [4.78, 5) is 25.2. The van der Waals surface area contributed by atoms with Crippen molar-refractivity contribution < 1.29 is 9.90 Å². The van der Waals surface area contributed by atoms with Gasteiger partial charge >= 0.3 is 0 Å². The van der Waals surface area contributed by atoms with Gasteiger partial charge in [0.25, 0.3) is 5.56 Å². The molecule has 1 aromatic carbocycles. The van der Waals surface area contributed by atoms with Crippen LogP contribution in [0.4, 0.5) is 5.69 Å². The van der Waals surface area contributed by atoms with Crippen molar-refractivity contribution in [3.8, 4) is 0 Å². The van der Waals surface area contributed by atoms with Gasteiger partial charge in [0, 0.05) is 17.9 Å². The van der Waals surface area contributed by atoms with Crippen LogP contribution in [0.25, 0.3) is 0 Å². The number of rotatable bonds is 5. The topological polar surface area (TPSA) is 87.0 Å². The monoisotopic (exact) mass is 412 g/mol. The maximum Gasteiger partial charge on any atom is 0.288 e. The Morgan fingerprint density at radius 2 is 1.90 bits per heavy atom. The summed E-state index contributed by atoms with van der Waals surface area (Å²) in [7, 11) is 0. The summed E-state index contributed by atoms with van der Waals surface area (Å²) in [5.74, 6) is -0.369. The fourth-order valence-electron chi connectivity index (χ4n) is 6.39. The SMILES string of the molecule is O=C([O-])C12C[C@H]3C[C@@H](C1)CC(n1ncc(NCc4ccccc4)c(Cl)c1=O)(C3)C2. The minimum Gasteiger partial charge on any atom is -0.550 e. The number of carbonyl (C=O) groups excluding carboxylic acids is 1. The molecule has 4 aliphatic carbocycles. The van der Waals surface area contributed by atoms with Crippen LogP contribution in [-0.2, 0) is 16.9 Å². The second-order valence-corrected chi connectivity index (χ2v) is 9.56. The summed E-state index contributed by atoms with van der Waals surface area (Å²) < 4.78 is 1.48. The predicted molar refractivity (Wildman–Crippen MR) is 107 cm³/mol. The van der Waals surface area contributed by atoms with Crippen LogP contribution in [0.1, 0.15) is 44.1 Å². The Balaban J connectivity index is 1.47. The Bertz CT molecular complexity index is 1010. The first kappa shape index (κ1) is 18.7. The van der Waals surface area contributed by atoms with E-state index in [1.165, 1.54) is 4.68 Å². The zero-order valence-electron chi connectivity index (χ0n) is 16.1. The summed E-state index contributed by atoms with van der Waals surface area (Å²) in [5, 5.41) is 19.8. The number of carboxylic acid groups (broad SMARTS) is 1. The third-order valence-corrected chi connectivity index (χ3v) is 7.52. The summed E-state index contributed by atoms with van der Waals surface area (Å²) >= 11 is 6.44. The number of nitrogens with one attached hydrogen (secondary N) is 1. The molecular weight excluding hydrogens is 390 g/mol. The molecular formula is C22H23ClN3O3-. The lowest BCUT2D eigenvalue weighted by atomic mass is 9.47. The van der Waals surface area contributed by atoms with Gasteiger partial charge in [-0.2, -0.15) is 5.10 Å². The third-order valence-electron chi connectivity index (χ3n) is 7.16. The van der Waals surface area contributed by atoms with Gasteiger partial charge in [-0.05, 0) is 55.9 Å². The lowest BCUT2D eigenvalue weighted by molar-refractivity contribution is -0.329. The van der Waals surface area contributed by atoms with E-state index >= 15 is 0 Å². The average molecular weight is 413 g/mol. The number of aliphatic carboxylic acids is 1. The highest BCUT2D eigenvalue weighted by atomic mass is 35.5. The molecule has 29 heavy (non-hydrogen) atoms. The highest BCUT2D eigenvalue weighted by Gasteiger charge is 2.60. The number of anilines is 1. The maximum absolute atomic E-state index is 13.2. The Kier molecular flexibility index (Phi) is 4.24. The lowest BCUT2D eigenvalue weighted by Gasteiger charge is -2.62. The quantitative estimate of drug-likeness (QED) is 0.815. The second-order valence-electron chi connectivity index (χ2n) is 9.18. The van der Waals surface area contributed by atoms with Gasteiger partial charge in [-0.25, -0.2) is 4.68 Å². The van der Waals surface area contributed by atoms with Crippen LogP contribution in [-0.4, -0.2) is 15.7 Å². The van der Waals surface area contributed by atoms with E-state index in [-0.39, 0.29) is 10.6 Å². The van der Waals surface area contributed by atoms with Crippen LogP contribution in [0, 0.1) is 17.3 Å². The molecule has 2 aromatic rings. The highest BCUT2D eigenvalue weighted by Crippen LogP contribution is 2.63. The van der Waals surface area contributed by atoms with Crippen LogP contribution in [0.15, 0.2) is 41.3 Å². The first-order chi connectivity index (χ1) is 13.9. The van der Waals surface area contributed by atoms with Gasteiger partial charge in [0.15, 0.2) is 0 Å². The number of carbonyl (C=O) groups is 1. The van der Waals surface area contributed by atoms with Crippen molar-refractivity contribution in [3.05, 3.63) is 57.5 Å². The molecule has 0 spiro atoms. The number of aromatic nitrogens is 2. The zero-order valence-corrected chi connectivity index (χ0v) is 16.8. The first-order valence-electron chi connectivity index (χ1n) is 10.2. The Hall–Kier alpha value is -2.34. The zero-order chi connectivity index (χ0) is 20.2. The largest absolute Gasteiger partial charge is 0.550 e. The van der Waals surface area contributed by atoms with Crippen molar-refractivity contribution in [1.82, 2.24) is 9.78 Å². The molecule has 4 aliphatic rings. The van der Waals surface area contributed by atoms with E-state index in [4.69, 9.17) is 11.6 Å². The summed E-state index contributed by atoms with van der Waals surface area (Å²) in [5.41, 5.74) is -0.175. The number of nitrogens with zero attached hydrogens (tertiary/aromatic N) is 2. The molecule has 1 heterocycles. The Morgan fingerprint density at radius 1 is 1.21 bits per heavy atom. The molecule has 0 amide bonds. The molecule has 2 unspecified atom stereocenters. The van der Waals surface area contributed by atoms with Crippen molar-refractivity contribution in [2.75, 3.05) is 5.32 Å². The number of hydrogen-bond donors (Lipinski definition) is 1. The molecule has 6 rings (SSSR count). The molecule has 0 radical (unpaired) electrons. The standard InChI is InChI=1S/C22H24ClN3O3/c23-18-17(24-11-14-4-2-1-3-5-14)12-25-26(19(18)27)22-9-15-6-16(10-22)8-21(7-15,13-22)20(28)29/h1-5,12,15-16,24H,6-11,13H2,(H,28,29)/p-1/t15-,16+,21?,22?. The molecule has 0 aliphatic heterocycles. The van der Waals surface area contributed by atoms with E-state index in [0.29, 0.717) is 43.3 Å². The van der Waals surface area contributed by atoms with E-state index in [2.05, 4.69) is 10.4 Å². The number of hydrogen-bond acceptors (Lipinski definition) is 5. The van der Waals surface area contributed by atoms with Gasteiger partial charge in [0.2, 0.25) is 0 Å². The van der Waals surface area contributed by atoms with Gasteiger partial charge in [-0.15, -0.1) is 0 Å². The van der Waals surface area contributed by atoms with E-state index in [0.717, 1.165) is 24.8 Å². The Labute approximate surface area is 173 Å². The molecule has 1 aromatic heterocycles. The van der Waals surface area contributed by atoms with E-state index in [1.807, 2.05) is 30.3 Å². The average Bonchev–Trinajstić information content (AvgIpc) is 2.68. The smallest absolute Gasteiger partial charge is 0.288 e. The van der Waals surface area contributed by atoms with Gasteiger partial charge < -0.3 is 15.2 Å². The number of halogens is 1. The van der Waals surface area contributed by atoms with Crippen molar-refractivity contribution >= 4 is 23.3 Å². The van der Waals surface area contributed by atoms with Crippen molar-refractivity contribution in [2.24, 2.45) is 17.3 Å². The minimum atomic E-state index is -0.976. The summed E-state index contributed by atoms with van der Waals surface area (Å²) in [6.07, 6.45) is 5.94. The fourth-order valence-corrected chi connectivity index (χ4v) is 6.58. The van der Waals surface area contributed by atoms with Gasteiger partial charge in [-0.3, -0.25) is 4.79 Å². The van der Waals surface area contributed by atoms with Crippen LogP contribution < -0.4 is 16.0 Å². The molecule has 4 fully saturated rings. The molecule has 6 nitrogen and oxygen atoms in total. The molecule has 152 valence electrons. The van der Waals surface area contributed by atoms with Crippen LogP contribution >= 0.6 is 11.6 Å².